The van der Waals surface area contributed by atoms with E-state index in [1.54, 1.807) is 48.5 Å². The van der Waals surface area contributed by atoms with E-state index in [1.807, 2.05) is 0 Å². The standard InChI is InChI=1S/C28H30O12/c1-15(29)35-14-23-25(36-16(2)30)26(37-17(3)31)27(38-18(4)32)28(40-23)39-22-8-6-5-7-21(22)20-11-9-19(10-12-20)13-24(33)34/h5-12,23,25-28H,13-14H2,1-4H3,(H,33,34)/t23-,25-,26+,27+,28+/m1/s1. The summed E-state index contributed by atoms with van der Waals surface area (Å²) in [6.07, 6.45) is -6.74. The minimum Gasteiger partial charge on any atom is -0.481 e. The van der Waals surface area contributed by atoms with E-state index in [0.29, 0.717) is 16.7 Å². The number of hydrogen-bond donors (Lipinski definition) is 1. The molecule has 0 bridgehead atoms. The molecular formula is C28H30O12. The predicted octanol–water partition coefficient (Wildman–Crippen LogP) is 2.44. The molecule has 2 aromatic carbocycles. The molecule has 1 aliphatic heterocycles. The van der Waals surface area contributed by atoms with Crippen molar-refractivity contribution in [3.05, 3.63) is 54.1 Å². The Morgan fingerprint density at radius 2 is 1.32 bits per heavy atom. The molecule has 0 amide bonds. The Hall–Kier alpha value is -4.45. The van der Waals surface area contributed by atoms with Crippen molar-refractivity contribution in [2.45, 2.75) is 64.8 Å². The molecule has 1 N–H and O–H groups in total. The Balaban J connectivity index is 2.01. The van der Waals surface area contributed by atoms with Gasteiger partial charge in [0.25, 0.3) is 0 Å². The minimum atomic E-state index is -1.40. The molecule has 12 heteroatoms. The van der Waals surface area contributed by atoms with E-state index in [9.17, 15) is 24.0 Å². The molecule has 1 saturated heterocycles. The van der Waals surface area contributed by atoms with Gasteiger partial charge in [-0.25, -0.2) is 0 Å². The second-order valence-electron chi connectivity index (χ2n) is 8.95. The zero-order valence-electron chi connectivity index (χ0n) is 22.4. The maximum absolute atomic E-state index is 12.1. The fourth-order valence-corrected chi connectivity index (χ4v) is 4.19. The number of benzene rings is 2. The second kappa shape index (κ2) is 13.6. The maximum Gasteiger partial charge on any atom is 0.307 e. The van der Waals surface area contributed by atoms with Crippen LogP contribution in [0, 0.1) is 0 Å². The van der Waals surface area contributed by atoms with Crippen LogP contribution in [0.2, 0.25) is 0 Å². The molecule has 12 nitrogen and oxygen atoms in total. The van der Waals surface area contributed by atoms with Gasteiger partial charge in [-0.15, -0.1) is 0 Å². The molecule has 1 heterocycles. The molecule has 0 saturated carbocycles. The Morgan fingerprint density at radius 3 is 1.90 bits per heavy atom. The van der Waals surface area contributed by atoms with Crippen molar-refractivity contribution in [3.8, 4) is 16.9 Å². The quantitative estimate of drug-likeness (QED) is 0.335. The maximum atomic E-state index is 12.1. The van der Waals surface area contributed by atoms with Crippen LogP contribution >= 0.6 is 0 Å². The summed E-state index contributed by atoms with van der Waals surface area (Å²) in [5, 5.41) is 9.04. The Labute approximate surface area is 230 Å². The van der Waals surface area contributed by atoms with Gasteiger partial charge in [-0.3, -0.25) is 24.0 Å². The number of ether oxygens (including phenoxy) is 6. The second-order valence-corrected chi connectivity index (χ2v) is 8.95. The van der Waals surface area contributed by atoms with Gasteiger partial charge in [-0.1, -0.05) is 42.5 Å². The van der Waals surface area contributed by atoms with E-state index in [0.717, 1.165) is 20.8 Å². The Bertz CT molecular complexity index is 1240. The van der Waals surface area contributed by atoms with Gasteiger partial charge in [0.15, 0.2) is 12.2 Å². The molecule has 1 aliphatic rings. The molecule has 40 heavy (non-hydrogen) atoms. The molecule has 0 spiro atoms. The van der Waals surface area contributed by atoms with Crippen LogP contribution in [0.25, 0.3) is 11.1 Å². The van der Waals surface area contributed by atoms with Crippen LogP contribution in [0.15, 0.2) is 48.5 Å². The monoisotopic (exact) mass is 558 g/mol. The molecule has 1 fully saturated rings. The molecule has 5 atom stereocenters. The van der Waals surface area contributed by atoms with Crippen LogP contribution in [0.5, 0.6) is 5.75 Å². The number of carboxylic acids is 1. The molecule has 214 valence electrons. The van der Waals surface area contributed by atoms with Crippen LogP contribution in [0.4, 0.5) is 0 Å². The number of carboxylic acid groups (broad SMARTS) is 1. The largest absolute Gasteiger partial charge is 0.481 e. The number of para-hydroxylation sites is 1. The van der Waals surface area contributed by atoms with Gasteiger partial charge in [0.05, 0.1) is 6.42 Å². The number of carbonyl (C=O) groups is 5. The molecule has 0 aromatic heterocycles. The third-order valence-electron chi connectivity index (χ3n) is 5.70. The van der Waals surface area contributed by atoms with E-state index in [1.165, 1.54) is 6.92 Å². The van der Waals surface area contributed by atoms with Gasteiger partial charge in [0.1, 0.15) is 18.5 Å². The highest BCUT2D eigenvalue weighted by Crippen LogP contribution is 2.35. The van der Waals surface area contributed by atoms with Gasteiger partial charge in [-0.2, -0.15) is 0 Å². The van der Waals surface area contributed by atoms with Crippen molar-refractivity contribution >= 4 is 29.8 Å². The fraction of sp³-hybridized carbons (Fsp3) is 0.393. The molecule has 0 unspecified atom stereocenters. The highest BCUT2D eigenvalue weighted by atomic mass is 16.7. The van der Waals surface area contributed by atoms with Crippen LogP contribution in [-0.4, -0.2) is 72.3 Å². The summed E-state index contributed by atoms with van der Waals surface area (Å²) in [6, 6.07) is 13.7. The lowest BCUT2D eigenvalue weighted by Crippen LogP contribution is -2.63. The molecule has 0 radical (unpaired) electrons. The Kier molecular flexibility index (Phi) is 10.2. The van der Waals surface area contributed by atoms with Crippen LogP contribution < -0.4 is 4.74 Å². The van der Waals surface area contributed by atoms with Crippen LogP contribution in [0.1, 0.15) is 33.3 Å². The lowest BCUT2D eigenvalue weighted by molar-refractivity contribution is -0.288. The summed E-state index contributed by atoms with van der Waals surface area (Å²) in [4.78, 5) is 58.6. The summed E-state index contributed by atoms with van der Waals surface area (Å²) in [6.45, 7) is 4.20. The average molecular weight is 559 g/mol. The third-order valence-corrected chi connectivity index (χ3v) is 5.70. The minimum absolute atomic E-state index is 0.136. The van der Waals surface area contributed by atoms with Crippen molar-refractivity contribution in [1.82, 2.24) is 0 Å². The van der Waals surface area contributed by atoms with Crippen molar-refractivity contribution < 1.29 is 57.5 Å². The summed E-state index contributed by atoms with van der Waals surface area (Å²) in [5.41, 5.74) is 1.89. The number of aliphatic carboxylic acids is 1. The van der Waals surface area contributed by atoms with Gasteiger partial charge >= 0.3 is 29.8 Å². The van der Waals surface area contributed by atoms with Crippen LogP contribution in [-0.2, 0) is 54.1 Å². The highest BCUT2D eigenvalue weighted by Gasteiger charge is 2.53. The van der Waals surface area contributed by atoms with Crippen molar-refractivity contribution in [1.29, 1.82) is 0 Å². The molecule has 2 aromatic rings. The first-order valence-electron chi connectivity index (χ1n) is 12.3. The van der Waals surface area contributed by atoms with Crippen molar-refractivity contribution in [3.63, 3.8) is 0 Å². The number of esters is 4. The van der Waals surface area contributed by atoms with Gasteiger partial charge in [-0.05, 0) is 17.2 Å². The lowest BCUT2D eigenvalue weighted by Gasteiger charge is -2.44. The highest BCUT2D eigenvalue weighted by molar-refractivity contribution is 5.73. The van der Waals surface area contributed by atoms with E-state index in [2.05, 4.69) is 0 Å². The van der Waals surface area contributed by atoms with Gasteiger partial charge < -0.3 is 33.5 Å². The summed E-state index contributed by atoms with van der Waals surface area (Å²) < 4.78 is 33.6. The third kappa shape index (κ3) is 8.27. The summed E-state index contributed by atoms with van der Waals surface area (Å²) >= 11 is 0. The molecular weight excluding hydrogens is 528 g/mol. The first-order chi connectivity index (χ1) is 18.9. The molecule has 0 aliphatic carbocycles. The zero-order valence-corrected chi connectivity index (χ0v) is 22.4. The average Bonchev–Trinajstić information content (AvgIpc) is 2.86. The normalized spacial score (nSPS) is 21.9. The smallest absolute Gasteiger partial charge is 0.307 e. The first kappa shape index (κ1) is 30.1. The molecule has 3 rings (SSSR count). The van der Waals surface area contributed by atoms with E-state index >= 15 is 0 Å². The van der Waals surface area contributed by atoms with Crippen LogP contribution in [0.3, 0.4) is 0 Å². The number of rotatable bonds is 10. The SMILES string of the molecule is CC(=O)OC[C@H]1O[C@H](Oc2ccccc2-c2ccc(CC(=O)O)cc2)[C@@H](OC(C)=O)[C@@H](OC(C)=O)[C@@H]1OC(C)=O. The topological polar surface area (TPSA) is 161 Å². The summed E-state index contributed by atoms with van der Waals surface area (Å²) in [5.74, 6) is -3.55. The Morgan fingerprint density at radius 1 is 0.750 bits per heavy atom. The zero-order chi connectivity index (χ0) is 29.4. The van der Waals surface area contributed by atoms with Crippen molar-refractivity contribution in [2.75, 3.05) is 6.61 Å². The van der Waals surface area contributed by atoms with E-state index in [4.69, 9.17) is 33.5 Å². The van der Waals surface area contributed by atoms with Crippen molar-refractivity contribution in [2.24, 2.45) is 0 Å². The van der Waals surface area contributed by atoms with E-state index in [-0.39, 0.29) is 18.8 Å². The lowest BCUT2D eigenvalue weighted by atomic mass is 9.97. The number of hydrogen-bond acceptors (Lipinski definition) is 11. The van der Waals surface area contributed by atoms with E-state index < -0.39 is 60.6 Å². The fourth-order valence-electron chi connectivity index (χ4n) is 4.19. The summed E-state index contributed by atoms with van der Waals surface area (Å²) in [7, 11) is 0. The van der Waals surface area contributed by atoms with Gasteiger partial charge in [0, 0.05) is 33.3 Å². The number of carbonyl (C=O) groups excluding carboxylic acids is 4. The van der Waals surface area contributed by atoms with Gasteiger partial charge in [0.2, 0.25) is 12.4 Å². The first-order valence-corrected chi connectivity index (χ1v) is 12.3. The predicted molar refractivity (Wildman–Crippen MR) is 136 cm³/mol.